The van der Waals surface area contributed by atoms with Gasteiger partial charge in [-0.1, -0.05) is 20.8 Å². The Morgan fingerprint density at radius 1 is 1.33 bits per heavy atom. The summed E-state index contributed by atoms with van der Waals surface area (Å²) < 4.78 is 5.31. The van der Waals surface area contributed by atoms with Crippen LogP contribution in [0.25, 0.3) is 0 Å². The molecule has 0 aromatic heterocycles. The largest absolute Gasteiger partial charge is 0.401 e. The molecule has 0 saturated heterocycles. The summed E-state index contributed by atoms with van der Waals surface area (Å²) in [4.78, 5) is 0. The smallest absolute Gasteiger partial charge is 0.0511 e. The van der Waals surface area contributed by atoms with Crippen LogP contribution in [0.15, 0.2) is 11.4 Å². The van der Waals surface area contributed by atoms with Gasteiger partial charge in [0.2, 0.25) is 0 Å². The first kappa shape index (κ1) is 16.6. The second kappa shape index (κ2) is 5.78. The van der Waals surface area contributed by atoms with Crippen LogP contribution in [0.3, 0.4) is 0 Å². The highest BCUT2D eigenvalue weighted by Crippen LogP contribution is 2.55. The van der Waals surface area contributed by atoms with Crippen LogP contribution >= 0.6 is 0 Å². The molecule has 0 unspecified atom stereocenters. The van der Waals surface area contributed by atoms with E-state index < -0.39 is 0 Å². The second-order valence-electron chi connectivity index (χ2n) is 7.98. The number of nitrogens with two attached hydrogens (primary N) is 3. The Kier molecular flexibility index (Phi) is 4.57. The predicted molar refractivity (Wildman–Crippen MR) is 85.8 cm³/mol. The maximum absolute atomic E-state index is 6.53. The minimum Gasteiger partial charge on any atom is -0.401 e. The summed E-state index contributed by atoms with van der Waals surface area (Å²) in [5, 5.41) is 1.85. The second-order valence-corrected chi connectivity index (χ2v) is 7.98. The molecule has 0 radical (unpaired) electrons. The molecule has 6 N–H and O–H groups in total. The van der Waals surface area contributed by atoms with Crippen molar-refractivity contribution in [3.8, 4) is 0 Å². The van der Waals surface area contributed by atoms with E-state index in [-0.39, 0.29) is 11.0 Å². The molecule has 1 fully saturated rings. The van der Waals surface area contributed by atoms with Crippen LogP contribution in [0.1, 0.15) is 46.5 Å². The van der Waals surface area contributed by atoms with Gasteiger partial charge in [0.1, 0.15) is 0 Å². The number of allylic oxidation sites excluding steroid dienone is 2. The summed E-state index contributed by atoms with van der Waals surface area (Å²) in [5.41, 5.74) is 14.9. The molecular weight excluding hydrogens is 264 g/mol. The van der Waals surface area contributed by atoms with E-state index in [0.717, 1.165) is 50.2 Å². The molecule has 1 saturated carbocycles. The zero-order valence-electron chi connectivity index (χ0n) is 14.0. The summed E-state index contributed by atoms with van der Waals surface area (Å²) in [6.07, 6.45) is 3.74. The average Bonchev–Trinajstić information content (AvgIpc) is 2.88. The summed E-state index contributed by atoms with van der Waals surface area (Å²) in [5.74, 6) is 7.29. The SMILES string of the molecule is COC[C@H]1[C@H]2CC/C(N(N)CC(C)(C)C)=C(/N)CC[C@]21N. The van der Waals surface area contributed by atoms with Crippen LogP contribution in [0, 0.1) is 17.3 Å². The van der Waals surface area contributed by atoms with Crippen molar-refractivity contribution in [3.63, 3.8) is 0 Å². The highest BCUT2D eigenvalue weighted by Gasteiger charge is 2.61. The van der Waals surface area contributed by atoms with Crippen LogP contribution in [-0.4, -0.2) is 30.8 Å². The molecule has 0 spiro atoms. The van der Waals surface area contributed by atoms with Gasteiger partial charge >= 0.3 is 0 Å². The normalized spacial score (nSPS) is 36.7. The van der Waals surface area contributed by atoms with Crippen molar-refractivity contribution in [2.75, 3.05) is 20.3 Å². The van der Waals surface area contributed by atoms with E-state index in [4.69, 9.17) is 22.0 Å². The standard InChI is InChI=1S/C16H32N4O/c1-15(2,3)10-20(19)14-6-5-11-12(9-21-4)16(11,18)8-7-13(14)17/h11-12H,5-10,17-19H2,1-4H3/b14-13-/t11-,12+,16+/m1/s1. The van der Waals surface area contributed by atoms with E-state index in [1.54, 1.807) is 7.11 Å². The summed E-state index contributed by atoms with van der Waals surface area (Å²) in [6, 6.07) is 0. The maximum atomic E-state index is 6.53. The highest BCUT2D eigenvalue weighted by atomic mass is 16.5. The van der Waals surface area contributed by atoms with Gasteiger partial charge in [-0.05, 0) is 37.0 Å². The number of rotatable bonds is 4. The molecule has 2 rings (SSSR count). The number of ether oxygens (including phenoxy) is 1. The van der Waals surface area contributed by atoms with E-state index in [1.807, 2.05) is 5.01 Å². The summed E-state index contributed by atoms with van der Waals surface area (Å²) >= 11 is 0. The zero-order valence-corrected chi connectivity index (χ0v) is 14.0. The number of hydrogen-bond donors (Lipinski definition) is 3. The molecule has 21 heavy (non-hydrogen) atoms. The van der Waals surface area contributed by atoms with Gasteiger partial charge in [-0.2, -0.15) is 0 Å². The van der Waals surface area contributed by atoms with Gasteiger partial charge in [-0.15, -0.1) is 0 Å². The molecule has 0 aliphatic heterocycles. The quantitative estimate of drug-likeness (QED) is 0.541. The molecule has 0 aromatic rings. The van der Waals surface area contributed by atoms with E-state index in [2.05, 4.69) is 20.8 Å². The van der Waals surface area contributed by atoms with Crippen molar-refractivity contribution in [1.29, 1.82) is 0 Å². The van der Waals surface area contributed by atoms with Crippen molar-refractivity contribution in [2.24, 2.45) is 34.6 Å². The molecule has 5 heteroatoms. The molecule has 122 valence electrons. The first-order valence-corrected chi connectivity index (χ1v) is 7.96. The molecule has 2 aliphatic carbocycles. The van der Waals surface area contributed by atoms with Crippen molar-refractivity contribution < 1.29 is 4.74 Å². The van der Waals surface area contributed by atoms with Crippen molar-refractivity contribution in [1.82, 2.24) is 5.01 Å². The third kappa shape index (κ3) is 3.52. The fourth-order valence-corrected chi connectivity index (χ4v) is 3.80. The molecule has 0 aromatic carbocycles. The van der Waals surface area contributed by atoms with Crippen LogP contribution in [-0.2, 0) is 4.74 Å². The Hall–Kier alpha value is -0.780. The first-order valence-electron chi connectivity index (χ1n) is 7.96. The number of fused-ring (bicyclic) bond motifs is 1. The molecule has 3 atom stereocenters. The lowest BCUT2D eigenvalue weighted by Gasteiger charge is -2.32. The fraction of sp³-hybridized carbons (Fsp3) is 0.875. The van der Waals surface area contributed by atoms with Crippen LogP contribution in [0.4, 0.5) is 0 Å². The van der Waals surface area contributed by atoms with Gasteiger partial charge in [-0.25, -0.2) is 5.84 Å². The third-order valence-electron chi connectivity index (χ3n) is 4.99. The van der Waals surface area contributed by atoms with Crippen LogP contribution in [0.5, 0.6) is 0 Å². The predicted octanol–water partition coefficient (Wildman–Crippen LogP) is 1.54. The third-order valence-corrected chi connectivity index (χ3v) is 4.99. The Morgan fingerprint density at radius 3 is 2.57 bits per heavy atom. The van der Waals surface area contributed by atoms with Crippen LogP contribution in [0.2, 0.25) is 0 Å². The van der Waals surface area contributed by atoms with Gasteiger partial charge in [-0.3, -0.25) is 0 Å². The van der Waals surface area contributed by atoms with Gasteiger partial charge < -0.3 is 21.2 Å². The molecular formula is C16H32N4O. The van der Waals surface area contributed by atoms with Crippen LogP contribution < -0.4 is 17.3 Å². The lowest BCUT2D eigenvalue weighted by Crippen LogP contribution is -2.40. The number of hydrogen-bond acceptors (Lipinski definition) is 5. The topological polar surface area (TPSA) is 90.5 Å². The van der Waals surface area contributed by atoms with Crippen molar-refractivity contribution >= 4 is 0 Å². The van der Waals surface area contributed by atoms with Crippen molar-refractivity contribution in [3.05, 3.63) is 11.4 Å². The van der Waals surface area contributed by atoms with Gasteiger partial charge in [0, 0.05) is 36.5 Å². The van der Waals surface area contributed by atoms with E-state index in [9.17, 15) is 0 Å². The monoisotopic (exact) mass is 296 g/mol. The van der Waals surface area contributed by atoms with E-state index >= 15 is 0 Å². The van der Waals surface area contributed by atoms with Gasteiger partial charge in [0.05, 0.1) is 6.61 Å². The van der Waals surface area contributed by atoms with Gasteiger partial charge in [0.25, 0.3) is 0 Å². The molecule has 0 heterocycles. The lowest BCUT2D eigenvalue weighted by molar-refractivity contribution is 0.174. The number of nitrogens with zero attached hydrogens (tertiary/aromatic N) is 1. The molecule has 2 aliphatic rings. The molecule has 5 nitrogen and oxygen atoms in total. The Labute approximate surface area is 128 Å². The lowest BCUT2D eigenvalue weighted by atomic mass is 9.94. The summed E-state index contributed by atoms with van der Waals surface area (Å²) in [6.45, 7) is 8.13. The zero-order chi connectivity index (χ0) is 15.8. The number of methoxy groups -OCH3 is 1. The minimum absolute atomic E-state index is 0.0738. The molecule has 0 amide bonds. The Bertz CT molecular complexity index is 415. The van der Waals surface area contributed by atoms with Gasteiger partial charge in [0.15, 0.2) is 0 Å². The van der Waals surface area contributed by atoms with E-state index in [1.165, 1.54) is 0 Å². The van der Waals surface area contributed by atoms with E-state index in [0.29, 0.717) is 11.8 Å². The average molecular weight is 296 g/mol. The summed E-state index contributed by atoms with van der Waals surface area (Å²) in [7, 11) is 1.75. The van der Waals surface area contributed by atoms with Crippen molar-refractivity contribution in [2.45, 2.75) is 52.0 Å². The number of hydrazine groups is 1. The molecule has 0 bridgehead atoms. The Balaban J connectivity index is 2.05. The first-order chi connectivity index (χ1) is 9.69. The maximum Gasteiger partial charge on any atom is 0.0511 e. The minimum atomic E-state index is -0.0738. The highest BCUT2D eigenvalue weighted by molar-refractivity contribution is 5.22. The Morgan fingerprint density at radius 2 is 2.00 bits per heavy atom. The fourth-order valence-electron chi connectivity index (χ4n) is 3.80.